The lowest BCUT2D eigenvalue weighted by Gasteiger charge is -2.35. The van der Waals surface area contributed by atoms with Crippen LogP contribution in [0.25, 0.3) is 33.4 Å². The van der Waals surface area contributed by atoms with Crippen molar-refractivity contribution in [2.24, 2.45) is 23.2 Å². The topological polar surface area (TPSA) is 140 Å². The van der Waals surface area contributed by atoms with Crippen LogP contribution in [0.4, 0.5) is 0 Å². The molecule has 2 fully saturated rings. The molecule has 3 N–H and O–H groups in total. The van der Waals surface area contributed by atoms with Gasteiger partial charge in [-0.05, 0) is 74.9 Å². The van der Waals surface area contributed by atoms with E-state index in [-0.39, 0.29) is 48.7 Å². The standard InChI is InChI=1S/C41H53N7O5S/c1-23-24(2)35(23)38(49)45-31-19-34-44-32(21-54-34)26-12-13-33-28(18-26)29(20-41(4,5)22-53-40(51)30-11-9-16-48(46-30)39(31)50)37(47(33)17-15-42-6)27-10-8-14-43-36(27)25(3)52-7/h8,10,12-14,18,21,23-25,30-31,35,42,46H,9,11,15-17,19-20,22H2,1-7H3,(H,45,49)/t23-,24+,25-,30-,31-,35+/m0/s1. The van der Waals surface area contributed by atoms with Gasteiger partial charge in [0, 0.05) is 78.1 Å². The van der Waals surface area contributed by atoms with Gasteiger partial charge < -0.3 is 24.7 Å². The number of methoxy groups -OCH3 is 1. The first kappa shape index (κ1) is 38.1. The van der Waals surface area contributed by atoms with Crippen molar-refractivity contribution >= 4 is 40.0 Å². The molecule has 1 aliphatic carbocycles. The average molecular weight is 756 g/mol. The first-order valence-electron chi connectivity index (χ1n) is 19.2. The highest BCUT2D eigenvalue weighted by Gasteiger charge is 2.49. The van der Waals surface area contributed by atoms with E-state index in [2.05, 4.69) is 72.6 Å². The summed E-state index contributed by atoms with van der Waals surface area (Å²) in [7, 11) is 3.66. The molecule has 0 radical (unpaired) electrons. The number of aromatic nitrogens is 3. The Kier molecular flexibility index (Phi) is 11.0. The number of rotatable bonds is 8. The van der Waals surface area contributed by atoms with Gasteiger partial charge in [0.25, 0.3) is 5.91 Å². The van der Waals surface area contributed by atoms with E-state index in [1.807, 2.05) is 31.6 Å². The molecule has 1 aromatic carbocycles. The zero-order valence-corrected chi connectivity index (χ0v) is 33.2. The van der Waals surface area contributed by atoms with Gasteiger partial charge in [-0.25, -0.2) is 10.4 Å². The van der Waals surface area contributed by atoms with Crippen LogP contribution in [-0.4, -0.2) is 83.3 Å². The molecule has 1 saturated carbocycles. The molecule has 13 heteroatoms. The number of nitrogens with zero attached hydrogens (tertiary/aromatic N) is 4. The Labute approximate surface area is 321 Å². The third-order valence-corrected chi connectivity index (χ3v) is 12.4. The lowest BCUT2D eigenvalue weighted by atomic mass is 9.84. The SMILES string of the molecule is CNCCn1c(-c2cccnc2[C@H](C)OC)c2c3cc(ccc31)-c1csc(n1)C[C@H](NC(=O)[C@H]1[C@H](C)[C@@H]1C)C(=O)N1CCC[C@H](N1)C(=O)OCC(C)(C)C2. The molecule has 3 aliphatic rings. The third kappa shape index (κ3) is 7.56. The number of fused-ring (bicyclic) bond motifs is 6. The van der Waals surface area contributed by atoms with Crippen molar-refractivity contribution in [1.82, 2.24) is 35.6 Å². The molecule has 12 nitrogen and oxygen atoms in total. The summed E-state index contributed by atoms with van der Waals surface area (Å²) in [6, 6.07) is 9.05. The molecule has 0 spiro atoms. The molecule has 5 heterocycles. The number of cyclic esters (lactones) is 1. The van der Waals surface area contributed by atoms with Gasteiger partial charge in [0.2, 0.25) is 5.91 Å². The van der Waals surface area contributed by atoms with Crippen molar-refractivity contribution in [2.75, 3.05) is 33.9 Å². The summed E-state index contributed by atoms with van der Waals surface area (Å²) in [4.78, 5) is 51.1. The number of carbonyl (C=O) groups is 3. The van der Waals surface area contributed by atoms with Crippen LogP contribution in [0.1, 0.15) is 69.8 Å². The average Bonchev–Trinajstić information content (AvgIpc) is 3.44. The number of hydrogen-bond donors (Lipinski definition) is 3. The van der Waals surface area contributed by atoms with Crippen LogP contribution < -0.4 is 16.1 Å². The molecule has 7 rings (SSSR count). The molecule has 54 heavy (non-hydrogen) atoms. The van der Waals surface area contributed by atoms with E-state index in [0.29, 0.717) is 25.8 Å². The number of thiazole rings is 1. The summed E-state index contributed by atoms with van der Waals surface area (Å²) >= 11 is 1.48. The number of hydrogen-bond acceptors (Lipinski definition) is 10. The van der Waals surface area contributed by atoms with Gasteiger partial charge in [-0.3, -0.25) is 24.4 Å². The summed E-state index contributed by atoms with van der Waals surface area (Å²) in [5, 5.41) is 11.8. The summed E-state index contributed by atoms with van der Waals surface area (Å²) in [6.45, 7) is 12.5. The van der Waals surface area contributed by atoms with E-state index in [0.717, 1.165) is 62.8 Å². The minimum atomic E-state index is -0.836. The fourth-order valence-corrected chi connectivity index (χ4v) is 8.95. The van der Waals surface area contributed by atoms with E-state index in [4.69, 9.17) is 19.4 Å². The lowest BCUT2D eigenvalue weighted by Crippen LogP contribution is -2.60. The highest BCUT2D eigenvalue weighted by atomic mass is 32.1. The molecule has 4 aromatic rings. The fraction of sp³-hybridized carbons (Fsp3) is 0.537. The largest absolute Gasteiger partial charge is 0.464 e. The van der Waals surface area contributed by atoms with Crippen molar-refractivity contribution in [3.63, 3.8) is 0 Å². The summed E-state index contributed by atoms with van der Waals surface area (Å²) in [5.74, 6) is -0.373. The molecular weight excluding hydrogens is 703 g/mol. The third-order valence-electron chi connectivity index (χ3n) is 11.5. The lowest BCUT2D eigenvalue weighted by molar-refractivity contribution is -0.155. The molecule has 288 valence electrons. The number of nitrogens with one attached hydrogen (secondary N) is 3. The van der Waals surface area contributed by atoms with Crippen LogP contribution in [0.3, 0.4) is 0 Å². The van der Waals surface area contributed by atoms with Crippen LogP contribution in [0.15, 0.2) is 41.9 Å². The van der Waals surface area contributed by atoms with E-state index >= 15 is 0 Å². The van der Waals surface area contributed by atoms with Crippen LogP contribution in [0.5, 0.6) is 0 Å². The quantitative estimate of drug-likeness (QED) is 0.205. The second kappa shape index (κ2) is 15.5. The number of hydrazine groups is 1. The van der Waals surface area contributed by atoms with Gasteiger partial charge in [0.1, 0.15) is 12.1 Å². The number of esters is 1. The molecule has 0 unspecified atom stereocenters. The number of amides is 2. The molecule has 3 aromatic heterocycles. The zero-order valence-electron chi connectivity index (χ0n) is 32.4. The van der Waals surface area contributed by atoms with Crippen LogP contribution in [-0.2, 0) is 43.2 Å². The van der Waals surface area contributed by atoms with Crippen molar-refractivity contribution in [2.45, 2.75) is 85.0 Å². The maximum absolute atomic E-state index is 14.1. The molecule has 6 bridgehead atoms. The number of carbonyl (C=O) groups excluding carboxylic acids is 3. The maximum atomic E-state index is 14.1. The van der Waals surface area contributed by atoms with Crippen molar-refractivity contribution in [3.05, 3.63) is 58.2 Å². The monoisotopic (exact) mass is 755 g/mol. The number of benzene rings is 1. The maximum Gasteiger partial charge on any atom is 0.324 e. The highest BCUT2D eigenvalue weighted by molar-refractivity contribution is 7.10. The summed E-state index contributed by atoms with van der Waals surface area (Å²) in [5.41, 5.74) is 9.61. The van der Waals surface area contributed by atoms with Crippen LogP contribution in [0, 0.1) is 23.2 Å². The Morgan fingerprint density at radius 3 is 2.74 bits per heavy atom. The van der Waals surface area contributed by atoms with Gasteiger partial charge in [-0.1, -0.05) is 33.8 Å². The van der Waals surface area contributed by atoms with E-state index in [1.165, 1.54) is 16.3 Å². The first-order chi connectivity index (χ1) is 25.9. The Hall–Kier alpha value is -4.17. The Bertz CT molecular complexity index is 2030. The van der Waals surface area contributed by atoms with Gasteiger partial charge in [-0.2, -0.15) is 0 Å². The van der Waals surface area contributed by atoms with E-state index < -0.39 is 23.5 Å². The van der Waals surface area contributed by atoms with Gasteiger partial charge in [-0.15, -0.1) is 11.3 Å². The minimum absolute atomic E-state index is 0.115. The second-order valence-corrected chi connectivity index (χ2v) is 17.0. The minimum Gasteiger partial charge on any atom is -0.464 e. The molecule has 2 aliphatic heterocycles. The van der Waals surface area contributed by atoms with Crippen molar-refractivity contribution < 1.29 is 23.9 Å². The molecular formula is C41H53N7O5S. The van der Waals surface area contributed by atoms with Gasteiger partial charge in [0.15, 0.2) is 0 Å². The number of pyridine rings is 1. The smallest absolute Gasteiger partial charge is 0.324 e. The van der Waals surface area contributed by atoms with E-state index in [9.17, 15) is 14.4 Å². The highest BCUT2D eigenvalue weighted by Crippen LogP contribution is 2.46. The molecule has 6 atom stereocenters. The number of ether oxygens (including phenoxy) is 2. The normalized spacial score (nSPS) is 24.9. The van der Waals surface area contributed by atoms with Crippen LogP contribution >= 0.6 is 11.3 Å². The Morgan fingerprint density at radius 2 is 2.00 bits per heavy atom. The van der Waals surface area contributed by atoms with Gasteiger partial charge >= 0.3 is 5.97 Å². The van der Waals surface area contributed by atoms with Crippen molar-refractivity contribution in [3.8, 4) is 22.5 Å². The molecule has 1 saturated heterocycles. The first-order valence-corrected chi connectivity index (χ1v) is 20.1. The van der Waals surface area contributed by atoms with E-state index in [1.54, 1.807) is 7.11 Å². The Balaban J connectivity index is 1.36. The predicted molar refractivity (Wildman–Crippen MR) is 209 cm³/mol. The zero-order chi connectivity index (χ0) is 38.3. The van der Waals surface area contributed by atoms with Crippen LogP contribution in [0.2, 0.25) is 0 Å². The fourth-order valence-electron chi connectivity index (χ4n) is 8.10. The molecule has 2 amide bonds. The summed E-state index contributed by atoms with van der Waals surface area (Å²) < 4.78 is 14.3. The van der Waals surface area contributed by atoms with Crippen molar-refractivity contribution in [1.29, 1.82) is 0 Å². The predicted octanol–water partition coefficient (Wildman–Crippen LogP) is 5.30. The summed E-state index contributed by atoms with van der Waals surface area (Å²) in [6.07, 6.45) is 3.60. The Morgan fingerprint density at radius 1 is 1.20 bits per heavy atom. The van der Waals surface area contributed by atoms with Gasteiger partial charge in [0.05, 0.1) is 34.8 Å². The second-order valence-electron chi connectivity index (χ2n) is 16.0. The number of likely N-dealkylation sites (N-methyl/N-ethyl adjacent to an activating group) is 1.